The lowest BCUT2D eigenvalue weighted by molar-refractivity contribution is -0.0115. The van der Waals surface area contributed by atoms with Gasteiger partial charge in [0.05, 0.1) is 17.2 Å². The van der Waals surface area contributed by atoms with Crippen molar-refractivity contribution in [3.63, 3.8) is 0 Å². The Hall–Kier alpha value is -1.37. The molecular weight excluding hydrogens is 224 g/mol. The smallest absolute Gasteiger partial charge is 0.0994 e. The summed E-state index contributed by atoms with van der Waals surface area (Å²) in [7, 11) is 0. The van der Waals surface area contributed by atoms with E-state index in [2.05, 4.69) is 11.4 Å². The van der Waals surface area contributed by atoms with Gasteiger partial charge in [0, 0.05) is 12.1 Å². The van der Waals surface area contributed by atoms with Crippen molar-refractivity contribution in [3.8, 4) is 6.07 Å². The highest BCUT2D eigenvalue weighted by Crippen LogP contribution is 2.40. The van der Waals surface area contributed by atoms with Gasteiger partial charge in [0.1, 0.15) is 0 Å². The molecule has 3 heteroatoms. The Kier molecular flexibility index (Phi) is 2.65. The van der Waals surface area contributed by atoms with Crippen molar-refractivity contribution < 1.29 is 5.11 Å². The predicted molar refractivity (Wildman–Crippen MR) is 69.0 cm³/mol. The van der Waals surface area contributed by atoms with Crippen molar-refractivity contribution in [1.82, 2.24) is 5.32 Å². The van der Waals surface area contributed by atoms with Crippen LogP contribution in [-0.4, -0.2) is 17.2 Å². The van der Waals surface area contributed by atoms with E-state index in [1.165, 1.54) is 12.8 Å². The van der Waals surface area contributed by atoms with Gasteiger partial charge in [-0.15, -0.1) is 0 Å². The third-order valence-corrected chi connectivity index (χ3v) is 4.39. The van der Waals surface area contributed by atoms with Crippen LogP contribution in [0.4, 0.5) is 0 Å². The summed E-state index contributed by atoms with van der Waals surface area (Å²) in [5.74, 6) is 0. The van der Waals surface area contributed by atoms with Gasteiger partial charge in [-0.2, -0.15) is 5.26 Å². The molecule has 2 N–H and O–H groups in total. The molecule has 18 heavy (non-hydrogen) atoms. The molecule has 0 spiro atoms. The van der Waals surface area contributed by atoms with Crippen molar-refractivity contribution in [2.75, 3.05) is 0 Å². The maximum atomic E-state index is 10.9. The fourth-order valence-corrected chi connectivity index (χ4v) is 3.44. The average Bonchev–Trinajstić information content (AvgIpc) is 2.69. The van der Waals surface area contributed by atoms with Crippen LogP contribution in [0.1, 0.15) is 42.4 Å². The summed E-state index contributed by atoms with van der Waals surface area (Å²) in [6, 6.07) is 8.79. The molecule has 1 aromatic rings. The Labute approximate surface area is 107 Å². The van der Waals surface area contributed by atoms with E-state index in [0.29, 0.717) is 17.6 Å². The van der Waals surface area contributed by atoms with Crippen molar-refractivity contribution in [1.29, 1.82) is 5.26 Å². The third-order valence-electron chi connectivity index (χ3n) is 4.39. The van der Waals surface area contributed by atoms with Crippen molar-refractivity contribution >= 4 is 0 Å². The molecular formula is C15H18N2O. The van der Waals surface area contributed by atoms with Gasteiger partial charge in [-0.3, -0.25) is 0 Å². The Morgan fingerprint density at radius 1 is 1.33 bits per heavy atom. The van der Waals surface area contributed by atoms with Crippen LogP contribution in [0.2, 0.25) is 0 Å². The molecule has 2 fully saturated rings. The van der Waals surface area contributed by atoms with Crippen molar-refractivity contribution in [2.24, 2.45) is 0 Å². The minimum absolute atomic E-state index is 0.449. The first kappa shape index (κ1) is 11.7. The largest absolute Gasteiger partial charge is 0.385 e. The molecule has 2 bridgehead atoms. The second kappa shape index (κ2) is 4.08. The van der Waals surface area contributed by atoms with Crippen LogP contribution >= 0.6 is 0 Å². The van der Waals surface area contributed by atoms with Crippen LogP contribution in [0.15, 0.2) is 18.2 Å². The van der Waals surface area contributed by atoms with Gasteiger partial charge >= 0.3 is 0 Å². The zero-order valence-electron chi connectivity index (χ0n) is 10.6. The molecule has 2 aliphatic heterocycles. The molecule has 94 valence electrons. The zero-order chi connectivity index (χ0) is 12.8. The fraction of sp³-hybridized carbons (Fsp3) is 0.533. The quantitative estimate of drug-likeness (QED) is 0.791. The van der Waals surface area contributed by atoms with E-state index >= 15 is 0 Å². The predicted octanol–water partition coefficient (Wildman–Crippen LogP) is 1.97. The molecule has 3 nitrogen and oxygen atoms in total. The maximum absolute atomic E-state index is 10.9. The van der Waals surface area contributed by atoms with Crippen LogP contribution in [0.3, 0.4) is 0 Å². The van der Waals surface area contributed by atoms with E-state index in [1.807, 2.05) is 25.1 Å². The molecule has 3 rings (SSSR count). The van der Waals surface area contributed by atoms with E-state index in [-0.39, 0.29) is 0 Å². The SMILES string of the molecule is Cc1cc(C2(O)CC3CCC(C2)N3)ccc1C#N. The molecule has 0 saturated carbocycles. The van der Waals surface area contributed by atoms with E-state index < -0.39 is 5.60 Å². The first-order valence-corrected chi connectivity index (χ1v) is 6.60. The number of hydrogen-bond donors (Lipinski definition) is 2. The molecule has 2 atom stereocenters. The molecule has 0 aromatic heterocycles. The number of benzene rings is 1. The Bertz CT molecular complexity index is 506. The normalized spacial score (nSPS) is 34.3. The Morgan fingerprint density at radius 3 is 2.56 bits per heavy atom. The highest BCUT2D eigenvalue weighted by molar-refractivity contribution is 5.41. The van der Waals surface area contributed by atoms with Crippen molar-refractivity contribution in [2.45, 2.75) is 50.3 Å². The first-order valence-electron chi connectivity index (χ1n) is 6.60. The van der Waals surface area contributed by atoms with E-state index in [9.17, 15) is 5.11 Å². The topological polar surface area (TPSA) is 56.0 Å². The first-order chi connectivity index (χ1) is 8.60. The van der Waals surface area contributed by atoms with Gasteiger partial charge in [-0.1, -0.05) is 12.1 Å². The molecule has 1 aromatic carbocycles. The van der Waals surface area contributed by atoms with Gasteiger partial charge in [-0.05, 0) is 49.8 Å². The van der Waals surface area contributed by atoms with E-state index in [4.69, 9.17) is 5.26 Å². The second-order valence-corrected chi connectivity index (χ2v) is 5.72. The highest BCUT2D eigenvalue weighted by atomic mass is 16.3. The van der Waals surface area contributed by atoms with Crippen LogP contribution < -0.4 is 5.32 Å². The second-order valence-electron chi connectivity index (χ2n) is 5.72. The number of fused-ring (bicyclic) bond motifs is 2. The summed E-state index contributed by atoms with van der Waals surface area (Å²) in [5.41, 5.74) is 1.90. The summed E-state index contributed by atoms with van der Waals surface area (Å²) >= 11 is 0. The van der Waals surface area contributed by atoms with Gasteiger partial charge < -0.3 is 10.4 Å². The summed E-state index contributed by atoms with van der Waals surface area (Å²) in [4.78, 5) is 0. The summed E-state index contributed by atoms with van der Waals surface area (Å²) in [6.45, 7) is 1.93. The number of aliphatic hydroxyl groups is 1. The van der Waals surface area contributed by atoms with Crippen LogP contribution in [-0.2, 0) is 5.60 Å². The van der Waals surface area contributed by atoms with Gasteiger partial charge in [0.25, 0.3) is 0 Å². The Balaban J connectivity index is 1.94. The van der Waals surface area contributed by atoms with Gasteiger partial charge in [-0.25, -0.2) is 0 Å². The molecule has 0 aliphatic carbocycles. The molecule has 2 saturated heterocycles. The van der Waals surface area contributed by atoms with Crippen LogP contribution in [0, 0.1) is 18.3 Å². The highest BCUT2D eigenvalue weighted by Gasteiger charge is 2.43. The minimum Gasteiger partial charge on any atom is -0.385 e. The standard InChI is InChI=1S/C15H18N2O/c1-10-6-12(3-2-11(10)9-16)15(18)7-13-4-5-14(8-15)17-13/h2-3,6,13-14,17-18H,4-5,7-8H2,1H3. The summed E-state index contributed by atoms with van der Waals surface area (Å²) in [5, 5.41) is 23.4. The average molecular weight is 242 g/mol. The Morgan fingerprint density at radius 2 is 2.00 bits per heavy atom. The molecule has 2 heterocycles. The number of piperidine rings is 1. The maximum Gasteiger partial charge on any atom is 0.0994 e. The zero-order valence-corrected chi connectivity index (χ0v) is 10.6. The number of nitriles is 1. The van der Waals surface area contributed by atoms with Crippen molar-refractivity contribution in [3.05, 3.63) is 34.9 Å². The number of rotatable bonds is 1. The van der Waals surface area contributed by atoms with Gasteiger partial charge in [0.2, 0.25) is 0 Å². The van der Waals surface area contributed by atoms with E-state index in [1.54, 1.807) is 0 Å². The van der Waals surface area contributed by atoms with Crippen LogP contribution in [0.25, 0.3) is 0 Å². The van der Waals surface area contributed by atoms with Gasteiger partial charge in [0.15, 0.2) is 0 Å². The lowest BCUT2D eigenvalue weighted by Gasteiger charge is -2.37. The molecule has 2 aliphatic rings. The number of nitrogens with zero attached hydrogens (tertiary/aromatic N) is 1. The minimum atomic E-state index is -0.712. The monoisotopic (exact) mass is 242 g/mol. The van der Waals surface area contributed by atoms with Crippen LogP contribution in [0.5, 0.6) is 0 Å². The summed E-state index contributed by atoms with van der Waals surface area (Å²) in [6.07, 6.45) is 3.91. The number of aryl methyl sites for hydroxylation is 1. The fourth-order valence-electron chi connectivity index (χ4n) is 3.44. The molecule has 2 unspecified atom stereocenters. The molecule has 0 radical (unpaired) electrons. The number of nitrogens with one attached hydrogen (secondary N) is 1. The lowest BCUT2D eigenvalue weighted by atomic mass is 9.80. The summed E-state index contributed by atoms with van der Waals surface area (Å²) < 4.78 is 0. The molecule has 0 amide bonds. The van der Waals surface area contributed by atoms with E-state index in [0.717, 1.165) is 24.0 Å². The third kappa shape index (κ3) is 1.82. The lowest BCUT2D eigenvalue weighted by Crippen LogP contribution is -2.46. The number of hydrogen-bond acceptors (Lipinski definition) is 3.